The molecule has 4 heterocycles. The van der Waals surface area contributed by atoms with Gasteiger partial charge in [-0.1, -0.05) is 31.5 Å². The molecule has 2 unspecified atom stereocenters. The summed E-state index contributed by atoms with van der Waals surface area (Å²) in [6.07, 6.45) is 2.64. The van der Waals surface area contributed by atoms with E-state index in [2.05, 4.69) is 25.4 Å². The summed E-state index contributed by atoms with van der Waals surface area (Å²) in [6, 6.07) is 3.61. The molecule has 1 aliphatic rings. The van der Waals surface area contributed by atoms with Gasteiger partial charge in [-0.05, 0) is 50.5 Å². The van der Waals surface area contributed by atoms with Gasteiger partial charge in [-0.15, -0.1) is 0 Å². The van der Waals surface area contributed by atoms with Gasteiger partial charge in [0.25, 0.3) is 12.3 Å². The number of aliphatic hydroxyl groups excluding tert-OH is 1. The molecule has 4 aromatic rings. The molecule has 0 bridgehead atoms. The maximum absolute atomic E-state index is 14.9. The minimum Gasteiger partial charge on any atom is -0.387 e. The first kappa shape index (κ1) is 33.5. The van der Waals surface area contributed by atoms with Crippen molar-refractivity contribution in [2.45, 2.75) is 66.0 Å². The molecule has 0 saturated carbocycles. The van der Waals surface area contributed by atoms with Gasteiger partial charge in [-0.3, -0.25) is 24.2 Å². The Labute approximate surface area is 263 Å². The highest BCUT2D eigenvalue weighted by atomic mass is 35.5. The van der Waals surface area contributed by atoms with Gasteiger partial charge in [0.1, 0.15) is 5.82 Å². The molecule has 10 nitrogen and oxygen atoms in total. The molecule has 2 amide bonds. The van der Waals surface area contributed by atoms with E-state index in [1.807, 2.05) is 33.8 Å². The van der Waals surface area contributed by atoms with Crippen LogP contribution < -0.4 is 10.2 Å². The van der Waals surface area contributed by atoms with Gasteiger partial charge in [-0.25, -0.2) is 23.1 Å². The van der Waals surface area contributed by atoms with E-state index in [1.54, 1.807) is 22.0 Å². The zero-order chi connectivity index (χ0) is 33.0. The van der Waals surface area contributed by atoms with Crippen LogP contribution in [0.1, 0.15) is 92.0 Å². The van der Waals surface area contributed by atoms with Gasteiger partial charge in [0.2, 0.25) is 5.91 Å². The standard InChI is InChI=1S/C29H27ClF3N7O3.C2H6/c1-14-9-17(10-35-28(14)39-8-4-5-22(39)42)15(2)40-13-18(11-36-40)37-29(43)26-25(16(3)41)34-12-21(38-26)23-19(27(32)33)6-7-20(30)24(23)31;1-2/h6-7,9-13,15-16,27,41H,4-5,8H2,1-3H3,(H,37,43);1-2H3. The van der Waals surface area contributed by atoms with Crippen LogP contribution in [0.2, 0.25) is 5.02 Å². The predicted octanol–water partition coefficient (Wildman–Crippen LogP) is 6.84. The first-order valence-corrected chi connectivity index (χ1v) is 14.8. The van der Waals surface area contributed by atoms with Gasteiger partial charge in [0, 0.05) is 36.5 Å². The van der Waals surface area contributed by atoms with E-state index in [0.717, 1.165) is 35.9 Å². The summed E-state index contributed by atoms with van der Waals surface area (Å²) in [6.45, 7) is 9.75. The van der Waals surface area contributed by atoms with Gasteiger partial charge < -0.3 is 10.4 Å². The molecular weight excluding hydrogens is 611 g/mol. The van der Waals surface area contributed by atoms with Crippen molar-refractivity contribution in [3.8, 4) is 11.3 Å². The van der Waals surface area contributed by atoms with Crippen molar-refractivity contribution < 1.29 is 27.9 Å². The van der Waals surface area contributed by atoms with Crippen molar-refractivity contribution >= 4 is 34.9 Å². The van der Waals surface area contributed by atoms with E-state index in [4.69, 9.17) is 11.6 Å². The van der Waals surface area contributed by atoms with Gasteiger partial charge in [0.15, 0.2) is 11.5 Å². The lowest BCUT2D eigenvalue weighted by atomic mass is 10.0. The average Bonchev–Trinajstić information content (AvgIpc) is 3.67. The fourth-order valence-electron chi connectivity index (χ4n) is 4.93. The number of alkyl halides is 2. The molecule has 2 atom stereocenters. The zero-order valence-electron chi connectivity index (χ0n) is 25.4. The number of hydrogen-bond donors (Lipinski definition) is 2. The van der Waals surface area contributed by atoms with E-state index >= 15 is 0 Å². The van der Waals surface area contributed by atoms with Crippen molar-refractivity contribution in [3.05, 3.63) is 81.9 Å². The number of nitrogens with one attached hydrogen (secondary N) is 1. The van der Waals surface area contributed by atoms with Crippen molar-refractivity contribution in [1.82, 2.24) is 24.7 Å². The Bertz CT molecular complexity index is 1710. The Morgan fingerprint density at radius 1 is 1.13 bits per heavy atom. The summed E-state index contributed by atoms with van der Waals surface area (Å²) in [5.74, 6) is -1.28. The van der Waals surface area contributed by atoms with E-state index in [1.165, 1.54) is 13.1 Å². The maximum Gasteiger partial charge on any atom is 0.276 e. The third kappa shape index (κ3) is 6.99. The lowest BCUT2D eigenvalue weighted by Gasteiger charge is -2.19. The number of rotatable bonds is 8. The number of amides is 2. The third-order valence-corrected chi connectivity index (χ3v) is 7.46. The molecular formula is C31H33ClF3N7O3. The topological polar surface area (TPSA) is 126 Å². The van der Waals surface area contributed by atoms with Crippen molar-refractivity contribution in [2.24, 2.45) is 0 Å². The van der Waals surface area contributed by atoms with Crippen molar-refractivity contribution in [1.29, 1.82) is 0 Å². The van der Waals surface area contributed by atoms with Crippen LogP contribution in [-0.2, 0) is 4.79 Å². The molecule has 1 aromatic carbocycles. The number of pyridine rings is 1. The zero-order valence-corrected chi connectivity index (χ0v) is 26.1. The smallest absolute Gasteiger partial charge is 0.276 e. The molecule has 0 radical (unpaired) electrons. The molecule has 3 aromatic heterocycles. The number of aromatic nitrogens is 5. The van der Waals surface area contributed by atoms with Crippen molar-refractivity contribution in [3.63, 3.8) is 0 Å². The van der Waals surface area contributed by atoms with Crippen LogP contribution in [0, 0.1) is 12.7 Å². The number of aryl methyl sites for hydroxylation is 1. The summed E-state index contributed by atoms with van der Waals surface area (Å²) >= 11 is 5.84. The number of nitrogens with zero attached hydrogens (tertiary/aromatic N) is 6. The SMILES string of the molecule is CC.Cc1cc(C(C)n2cc(NC(=O)c3nc(-c4c(C(F)F)ccc(Cl)c4F)cnc3C(C)O)cn2)cnc1N1CCCC1=O. The summed E-state index contributed by atoms with van der Waals surface area (Å²) in [5.41, 5.74) is -0.208. The van der Waals surface area contributed by atoms with Crippen LogP contribution in [0.25, 0.3) is 11.3 Å². The van der Waals surface area contributed by atoms with E-state index < -0.39 is 40.4 Å². The van der Waals surface area contributed by atoms with Gasteiger partial charge in [0.05, 0.1) is 46.6 Å². The maximum atomic E-state index is 14.9. The van der Waals surface area contributed by atoms with E-state index in [0.29, 0.717) is 18.8 Å². The quantitative estimate of drug-likeness (QED) is 0.215. The molecule has 2 N–H and O–H groups in total. The fourth-order valence-corrected chi connectivity index (χ4v) is 5.09. The molecule has 45 heavy (non-hydrogen) atoms. The fraction of sp³-hybridized carbons (Fsp3) is 0.355. The van der Waals surface area contributed by atoms with Gasteiger partial charge in [-0.2, -0.15) is 5.10 Å². The number of carbonyl (C=O) groups excluding carboxylic acids is 2. The molecule has 0 spiro atoms. The number of carbonyl (C=O) groups is 2. The van der Waals surface area contributed by atoms with Gasteiger partial charge >= 0.3 is 0 Å². The molecule has 14 heteroatoms. The number of hydrogen-bond acceptors (Lipinski definition) is 7. The first-order chi connectivity index (χ1) is 21.5. The minimum absolute atomic E-state index is 0.0463. The Balaban J connectivity index is 0.00000226. The number of halogens is 4. The average molecular weight is 644 g/mol. The number of benzene rings is 1. The summed E-state index contributed by atoms with van der Waals surface area (Å²) in [7, 11) is 0. The monoisotopic (exact) mass is 643 g/mol. The highest BCUT2D eigenvalue weighted by Crippen LogP contribution is 2.36. The summed E-state index contributed by atoms with van der Waals surface area (Å²) in [5, 5.41) is 16.8. The first-order valence-electron chi connectivity index (χ1n) is 14.4. The number of anilines is 2. The Kier molecular flexibility index (Phi) is 10.6. The van der Waals surface area contributed by atoms with Crippen LogP contribution in [-0.4, -0.2) is 48.2 Å². The molecule has 1 aliphatic heterocycles. The molecule has 1 fully saturated rings. The third-order valence-electron chi connectivity index (χ3n) is 7.17. The number of aliphatic hydroxyl groups is 1. The highest BCUT2D eigenvalue weighted by Gasteiger charge is 2.27. The Hall–Kier alpha value is -4.36. The Morgan fingerprint density at radius 2 is 1.87 bits per heavy atom. The second kappa shape index (κ2) is 14.2. The molecule has 238 valence electrons. The van der Waals surface area contributed by atoms with Crippen molar-refractivity contribution in [2.75, 3.05) is 16.8 Å². The van der Waals surface area contributed by atoms with Crippen LogP contribution >= 0.6 is 11.6 Å². The Morgan fingerprint density at radius 3 is 2.49 bits per heavy atom. The molecule has 1 saturated heterocycles. The minimum atomic E-state index is -3.05. The lowest BCUT2D eigenvalue weighted by Crippen LogP contribution is -2.25. The van der Waals surface area contributed by atoms with Crippen LogP contribution in [0.3, 0.4) is 0 Å². The summed E-state index contributed by atoms with van der Waals surface area (Å²) in [4.78, 5) is 39.8. The van der Waals surface area contributed by atoms with E-state index in [9.17, 15) is 27.9 Å². The largest absolute Gasteiger partial charge is 0.387 e. The predicted molar refractivity (Wildman–Crippen MR) is 164 cm³/mol. The second-order valence-corrected chi connectivity index (χ2v) is 10.6. The summed E-state index contributed by atoms with van der Waals surface area (Å²) < 4.78 is 43.9. The highest BCUT2D eigenvalue weighted by molar-refractivity contribution is 6.31. The normalized spacial score (nSPS) is 14.3. The second-order valence-electron chi connectivity index (χ2n) is 10.2. The lowest BCUT2D eigenvalue weighted by molar-refractivity contribution is -0.117. The van der Waals surface area contributed by atoms with Crippen LogP contribution in [0.4, 0.5) is 24.7 Å². The van der Waals surface area contributed by atoms with E-state index in [-0.39, 0.29) is 34.7 Å². The van der Waals surface area contributed by atoms with Crippen LogP contribution in [0.5, 0.6) is 0 Å². The molecule has 5 rings (SSSR count). The van der Waals surface area contributed by atoms with Crippen LogP contribution in [0.15, 0.2) is 43.0 Å². The molecule has 0 aliphatic carbocycles.